The first-order chi connectivity index (χ1) is 10.5. The van der Waals surface area contributed by atoms with Gasteiger partial charge in [0.1, 0.15) is 0 Å². The Hall–Kier alpha value is -2.28. The van der Waals surface area contributed by atoms with Crippen LogP contribution in [0.2, 0.25) is 5.02 Å². The van der Waals surface area contributed by atoms with Crippen molar-refractivity contribution in [2.24, 2.45) is 11.7 Å². The van der Waals surface area contributed by atoms with Crippen LogP contribution in [-0.4, -0.2) is 30.3 Å². The second-order valence-corrected chi connectivity index (χ2v) is 5.41. The number of hydrogen-bond acceptors (Lipinski definition) is 6. The van der Waals surface area contributed by atoms with Crippen LogP contribution < -0.4 is 15.2 Å². The fourth-order valence-electron chi connectivity index (χ4n) is 2.33. The standard InChI is InChI=1S/C14H14ClN3O4/c1-20-10-4-6(3-9(15)11(10)21-2)13-17-14(22-18-13)8-5-7(8)12(16)19/h3-4,7-8H,5H2,1-2H3,(H2,16,19)/t7-,8+/m0/s1. The van der Waals surface area contributed by atoms with Crippen molar-refractivity contribution in [1.29, 1.82) is 0 Å². The third-order valence-electron chi connectivity index (χ3n) is 3.61. The van der Waals surface area contributed by atoms with E-state index in [-0.39, 0.29) is 17.7 Å². The van der Waals surface area contributed by atoms with Crippen LogP contribution in [0.5, 0.6) is 11.5 Å². The zero-order valence-corrected chi connectivity index (χ0v) is 12.8. The van der Waals surface area contributed by atoms with E-state index in [2.05, 4.69) is 10.1 Å². The molecular weight excluding hydrogens is 310 g/mol. The van der Waals surface area contributed by atoms with Gasteiger partial charge in [0.05, 0.1) is 31.1 Å². The predicted molar refractivity (Wildman–Crippen MR) is 77.9 cm³/mol. The predicted octanol–water partition coefficient (Wildman–Crippen LogP) is 2.00. The van der Waals surface area contributed by atoms with E-state index in [1.807, 2.05) is 0 Å². The molecule has 1 amide bonds. The normalized spacial score (nSPS) is 19.8. The topological polar surface area (TPSA) is 100 Å². The number of aromatic nitrogens is 2. The Morgan fingerprint density at radius 1 is 1.41 bits per heavy atom. The van der Waals surface area contributed by atoms with E-state index in [1.54, 1.807) is 12.1 Å². The van der Waals surface area contributed by atoms with Crippen LogP contribution in [-0.2, 0) is 4.79 Å². The van der Waals surface area contributed by atoms with Crippen LogP contribution in [0.15, 0.2) is 16.7 Å². The minimum Gasteiger partial charge on any atom is -0.493 e. The lowest BCUT2D eigenvalue weighted by Crippen LogP contribution is -2.13. The van der Waals surface area contributed by atoms with E-state index in [9.17, 15) is 4.79 Å². The maximum atomic E-state index is 11.1. The van der Waals surface area contributed by atoms with Gasteiger partial charge in [0, 0.05) is 5.56 Å². The molecule has 8 heteroatoms. The average Bonchev–Trinajstić information content (AvgIpc) is 3.16. The zero-order chi connectivity index (χ0) is 15.9. The summed E-state index contributed by atoms with van der Waals surface area (Å²) < 4.78 is 15.6. The Labute approximate surface area is 131 Å². The van der Waals surface area contributed by atoms with Crippen molar-refractivity contribution in [2.75, 3.05) is 14.2 Å². The van der Waals surface area contributed by atoms with Crippen molar-refractivity contribution < 1.29 is 18.8 Å². The van der Waals surface area contributed by atoms with Gasteiger partial charge >= 0.3 is 0 Å². The van der Waals surface area contributed by atoms with Crippen LogP contribution in [0.25, 0.3) is 11.4 Å². The first kappa shape index (κ1) is 14.6. The molecule has 22 heavy (non-hydrogen) atoms. The fraction of sp³-hybridized carbons (Fsp3) is 0.357. The van der Waals surface area contributed by atoms with Gasteiger partial charge in [-0.1, -0.05) is 16.8 Å². The van der Waals surface area contributed by atoms with Gasteiger partial charge in [0.2, 0.25) is 17.6 Å². The molecule has 0 spiro atoms. The van der Waals surface area contributed by atoms with Crippen LogP contribution >= 0.6 is 11.6 Å². The number of carbonyl (C=O) groups is 1. The highest BCUT2D eigenvalue weighted by molar-refractivity contribution is 6.32. The average molecular weight is 324 g/mol. The van der Waals surface area contributed by atoms with E-state index in [1.165, 1.54) is 14.2 Å². The summed E-state index contributed by atoms with van der Waals surface area (Å²) in [7, 11) is 3.02. The number of carbonyl (C=O) groups excluding carboxylic acids is 1. The second-order valence-electron chi connectivity index (χ2n) is 5.00. The Morgan fingerprint density at radius 2 is 2.18 bits per heavy atom. The molecule has 2 aromatic rings. The number of amides is 1. The Bertz CT molecular complexity index is 731. The molecule has 1 aliphatic rings. The van der Waals surface area contributed by atoms with E-state index in [4.69, 9.17) is 31.3 Å². The first-order valence-corrected chi connectivity index (χ1v) is 6.97. The summed E-state index contributed by atoms with van der Waals surface area (Å²) >= 11 is 6.16. The van der Waals surface area contributed by atoms with Gasteiger partial charge in [0.15, 0.2) is 11.5 Å². The molecule has 2 N–H and O–H groups in total. The molecule has 1 saturated carbocycles. The first-order valence-electron chi connectivity index (χ1n) is 6.60. The summed E-state index contributed by atoms with van der Waals surface area (Å²) in [6, 6.07) is 3.37. The molecule has 1 aliphatic carbocycles. The molecule has 1 aromatic heterocycles. The molecular formula is C14H14ClN3O4. The van der Waals surface area contributed by atoms with Crippen molar-refractivity contribution in [3.8, 4) is 22.9 Å². The summed E-state index contributed by atoms with van der Waals surface area (Å²) in [5.41, 5.74) is 5.89. The largest absolute Gasteiger partial charge is 0.493 e. The number of benzene rings is 1. The number of methoxy groups -OCH3 is 2. The van der Waals surface area contributed by atoms with E-state index >= 15 is 0 Å². The molecule has 116 valence electrons. The highest BCUT2D eigenvalue weighted by Gasteiger charge is 2.46. The van der Waals surface area contributed by atoms with Gasteiger partial charge in [-0.15, -0.1) is 0 Å². The second kappa shape index (κ2) is 5.49. The third-order valence-corrected chi connectivity index (χ3v) is 3.89. The number of halogens is 1. The van der Waals surface area contributed by atoms with Crippen LogP contribution in [0.1, 0.15) is 18.2 Å². The molecule has 0 saturated heterocycles. The third kappa shape index (κ3) is 2.48. The van der Waals surface area contributed by atoms with Crippen molar-refractivity contribution >= 4 is 17.5 Å². The van der Waals surface area contributed by atoms with E-state index < -0.39 is 0 Å². The van der Waals surface area contributed by atoms with Crippen LogP contribution in [0, 0.1) is 5.92 Å². The lowest BCUT2D eigenvalue weighted by molar-refractivity contribution is -0.119. The minimum atomic E-state index is -0.348. The van der Waals surface area contributed by atoms with Crippen molar-refractivity contribution in [3.63, 3.8) is 0 Å². The van der Waals surface area contributed by atoms with Gasteiger partial charge in [-0.25, -0.2) is 0 Å². The summed E-state index contributed by atoms with van der Waals surface area (Å²) in [5.74, 6) is 1.03. The lowest BCUT2D eigenvalue weighted by atomic mass is 10.2. The Morgan fingerprint density at radius 3 is 2.77 bits per heavy atom. The monoisotopic (exact) mass is 323 g/mol. The summed E-state index contributed by atoms with van der Waals surface area (Å²) in [6.07, 6.45) is 0.643. The molecule has 0 bridgehead atoms. The SMILES string of the molecule is COc1cc(-c2noc([C@@H]3C[C@@H]3C(N)=O)n2)cc(Cl)c1OC. The number of hydrogen-bond donors (Lipinski definition) is 1. The van der Waals surface area contributed by atoms with Gasteiger partial charge < -0.3 is 19.7 Å². The molecule has 2 atom stereocenters. The number of rotatable bonds is 5. The van der Waals surface area contributed by atoms with Crippen molar-refractivity contribution in [3.05, 3.63) is 23.0 Å². The molecule has 1 heterocycles. The number of primary amides is 1. The maximum absolute atomic E-state index is 11.1. The highest BCUT2D eigenvalue weighted by Crippen LogP contribution is 2.47. The molecule has 0 unspecified atom stereocenters. The number of nitrogens with two attached hydrogens (primary N) is 1. The molecule has 0 radical (unpaired) electrons. The van der Waals surface area contributed by atoms with Gasteiger partial charge in [0.25, 0.3) is 0 Å². The van der Waals surface area contributed by atoms with Gasteiger partial charge in [-0.2, -0.15) is 4.98 Å². The molecule has 3 rings (SSSR count). The number of ether oxygens (including phenoxy) is 2. The van der Waals surface area contributed by atoms with Crippen LogP contribution in [0.3, 0.4) is 0 Å². The highest BCUT2D eigenvalue weighted by atomic mass is 35.5. The smallest absolute Gasteiger partial charge is 0.230 e. The zero-order valence-electron chi connectivity index (χ0n) is 12.0. The fourth-order valence-corrected chi connectivity index (χ4v) is 2.62. The molecule has 1 aromatic carbocycles. The Balaban J connectivity index is 1.91. The Kier molecular flexibility index (Phi) is 3.66. The molecule has 0 aliphatic heterocycles. The van der Waals surface area contributed by atoms with E-state index in [0.29, 0.717) is 40.2 Å². The maximum Gasteiger partial charge on any atom is 0.230 e. The minimum absolute atomic E-state index is 0.0886. The lowest BCUT2D eigenvalue weighted by Gasteiger charge is -2.10. The molecule has 1 fully saturated rings. The summed E-state index contributed by atoms with van der Waals surface area (Å²) in [4.78, 5) is 15.4. The van der Waals surface area contributed by atoms with Crippen molar-refractivity contribution in [2.45, 2.75) is 12.3 Å². The number of nitrogens with zero attached hydrogens (tertiary/aromatic N) is 2. The molecule has 7 nitrogen and oxygen atoms in total. The van der Waals surface area contributed by atoms with Crippen LogP contribution in [0.4, 0.5) is 0 Å². The summed E-state index contributed by atoms with van der Waals surface area (Å²) in [6.45, 7) is 0. The van der Waals surface area contributed by atoms with Crippen molar-refractivity contribution in [1.82, 2.24) is 10.1 Å². The van der Waals surface area contributed by atoms with Gasteiger partial charge in [-0.3, -0.25) is 4.79 Å². The van der Waals surface area contributed by atoms with Gasteiger partial charge in [-0.05, 0) is 18.6 Å². The van der Waals surface area contributed by atoms with E-state index in [0.717, 1.165) is 0 Å². The quantitative estimate of drug-likeness (QED) is 0.903. The summed E-state index contributed by atoms with van der Waals surface area (Å²) in [5, 5.41) is 4.30.